The molecule has 6 heteroatoms. The molecule has 1 aliphatic rings. The summed E-state index contributed by atoms with van der Waals surface area (Å²) in [5.74, 6) is 0. The quantitative estimate of drug-likeness (QED) is 0.0955. The molecule has 406 valence electrons. The van der Waals surface area contributed by atoms with Gasteiger partial charge in [-0.25, -0.2) is 0 Å². The van der Waals surface area contributed by atoms with Gasteiger partial charge in [0.25, 0.3) is 0 Å². The summed E-state index contributed by atoms with van der Waals surface area (Å²) in [4.78, 5) is 9.47. The average molecular weight is 1110 g/mol. The molecule has 0 saturated carbocycles. The van der Waals surface area contributed by atoms with Crippen molar-refractivity contribution in [1.82, 2.24) is 0 Å². The van der Waals surface area contributed by atoms with Gasteiger partial charge in [0.05, 0.1) is 5.41 Å². The Morgan fingerprint density at radius 2 is 0.412 bits per heavy atom. The van der Waals surface area contributed by atoms with Gasteiger partial charge in [-0.3, -0.25) is 0 Å². The molecule has 0 N–H and O–H groups in total. The first-order valence-corrected chi connectivity index (χ1v) is 30.6. The molecule has 0 unspecified atom stereocenters. The van der Waals surface area contributed by atoms with Crippen molar-refractivity contribution in [2.24, 2.45) is 0 Å². The summed E-state index contributed by atoms with van der Waals surface area (Å²) < 4.78 is 17.4. The third-order valence-electron chi connectivity index (χ3n) is 16.2. The maximum atomic E-state index is 17.4. The Bertz CT molecular complexity index is 3820. The van der Waals surface area contributed by atoms with Gasteiger partial charge in [-0.05, 0) is 156 Å². The first-order chi connectivity index (χ1) is 42.1. The molecule has 14 rings (SSSR count). The molecular formula is C79H59N4OP. The minimum Gasteiger partial charge on any atom is -0.310 e. The van der Waals surface area contributed by atoms with Gasteiger partial charge in [0, 0.05) is 84.2 Å². The number of hydrogen-bond donors (Lipinski definition) is 0. The number of nitrogens with zero attached hydrogens (tertiary/aromatic N) is 4. The average Bonchev–Trinajstić information content (AvgIpc) is 1.49. The highest BCUT2D eigenvalue weighted by Gasteiger charge is 2.52. The first kappa shape index (κ1) is 52.4. The monoisotopic (exact) mass is 1110 g/mol. The van der Waals surface area contributed by atoms with Crippen molar-refractivity contribution < 1.29 is 4.57 Å². The second-order valence-corrected chi connectivity index (χ2v) is 23.9. The maximum absolute atomic E-state index is 17.4. The highest BCUT2D eigenvalue weighted by Crippen LogP contribution is 2.59. The normalized spacial score (nSPS) is 12.7. The molecule has 0 bridgehead atoms. The first-order valence-electron chi connectivity index (χ1n) is 28.9. The fraction of sp³-hybridized carbons (Fsp3) is 0.0127. The third kappa shape index (κ3) is 9.57. The van der Waals surface area contributed by atoms with Crippen LogP contribution in [0.1, 0.15) is 22.3 Å². The Kier molecular flexibility index (Phi) is 14.1. The molecule has 0 aliphatic carbocycles. The minimum atomic E-state index is -3.61. The van der Waals surface area contributed by atoms with E-state index in [4.69, 9.17) is 0 Å². The van der Waals surface area contributed by atoms with Crippen LogP contribution < -0.4 is 35.5 Å². The van der Waals surface area contributed by atoms with Gasteiger partial charge in [0.1, 0.15) is 0 Å². The molecule has 0 saturated heterocycles. The lowest BCUT2D eigenvalue weighted by Gasteiger charge is -2.46. The fourth-order valence-corrected chi connectivity index (χ4v) is 15.8. The third-order valence-corrected chi connectivity index (χ3v) is 19.4. The molecule has 0 amide bonds. The molecule has 0 fully saturated rings. The Morgan fingerprint density at radius 1 is 0.212 bits per heavy atom. The Labute approximate surface area is 498 Å². The van der Waals surface area contributed by atoms with Crippen molar-refractivity contribution >= 4 is 91.3 Å². The zero-order valence-corrected chi connectivity index (χ0v) is 47.6. The van der Waals surface area contributed by atoms with Gasteiger partial charge in [-0.1, -0.05) is 224 Å². The maximum Gasteiger partial charge on any atom is 0.171 e. The zero-order chi connectivity index (χ0) is 57.0. The minimum absolute atomic E-state index is 0.782. The van der Waals surface area contributed by atoms with E-state index >= 15 is 4.57 Å². The van der Waals surface area contributed by atoms with E-state index in [-0.39, 0.29) is 0 Å². The molecule has 5 nitrogen and oxygen atoms in total. The van der Waals surface area contributed by atoms with Crippen LogP contribution in [-0.4, -0.2) is 0 Å². The summed E-state index contributed by atoms with van der Waals surface area (Å²) in [5, 5.41) is 2.36. The summed E-state index contributed by atoms with van der Waals surface area (Å²) in [6, 6.07) is 127. The Hall–Kier alpha value is -10.7. The summed E-state index contributed by atoms with van der Waals surface area (Å²) in [6.45, 7) is 0. The van der Waals surface area contributed by atoms with E-state index in [1.807, 2.05) is 30.3 Å². The van der Waals surface area contributed by atoms with Crippen LogP contribution in [0.3, 0.4) is 0 Å². The standard InChI is InChI=1S/C79H59N4OP/c84-85(74-48-26-9-27-49-74)77-52-30-28-50-75(77)79(76-51-29-31-53-78(76)85,60-54-70(80(62-32-10-1-11-33-62)63-34-12-2-13-35-63)58-71(55-60)81(64-36-14-3-15-37-64)65-38-16-4-17-39-65)61-56-72(82(66-40-18-5-19-41-66)67-42-20-6-21-43-67)59-73(57-61)83(68-44-22-7-23-45-68)69-46-24-8-25-47-69/h1-59H. The molecule has 0 spiro atoms. The molecule has 0 atom stereocenters. The molecule has 13 aromatic rings. The van der Waals surface area contributed by atoms with Gasteiger partial charge in [-0.2, -0.15) is 0 Å². The Morgan fingerprint density at radius 3 is 0.647 bits per heavy atom. The van der Waals surface area contributed by atoms with Crippen molar-refractivity contribution in [3.63, 3.8) is 0 Å². The van der Waals surface area contributed by atoms with Crippen LogP contribution >= 0.6 is 7.14 Å². The SMILES string of the molecule is O=P1(c2ccccc2)c2ccccc2C(c2cc(N(c3ccccc3)c3ccccc3)cc(N(c3ccccc3)c3ccccc3)c2)(c2cc(N(c3ccccc3)c3ccccc3)cc(N(c3ccccc3)c3ccccc3)c2)c2ccccc21. The number of benzene rings is 13. The zero-order valence-electron chi connectivity index (χ0n) is 46.7. The molecule has 0 aromatic heterocycles. The van der Waals surface area contributed by atoms with E-state index in [0.29, 0.717) is 0 Å². The van der Waals surface area contributed by atoms with E-state index < -0.39 is 12.6 Å². The molecule has 1 heterocycles. The van der Waals surface area contributed by atoms with E-state index in [9.17, 15) is 0 Å². The second kappa shape index (κ2) is 22.9. The molecule has 1 aliphatic heterocycles. The molecular weight excluding hydrogens is 1050 g/mol. The van der Waals surface area contributed by atoms with E-state index in [2.05, 4.69) is 347 Å². The molecule has 85 heavy (non-hydrogen) atoms. The number of hydrogen-bond acceptors (Lipinski definition) is 5. The van der Waals surface area contributed by atoms with Crippen molar-refractivity contribution in [3.05, 3.63) is 380 Å². The van der Waals surface area contributed by atoms with Crippen molar-refractivity contribution in [2.75, 3.05) is 19.6 Å². The van der Waals surface area contributed by atoms with Crippen LogP contribution in [0, 0.1) is 0 Å². The number of rotatable bonds is 15. The number of anilines is 12. The van der Waals surface area contributed by atoms with Crippen LogP contribution in [0.4, 0.5) is 68.2 Å². The number of para-hydroxylation sites is 8. The van der Waals surface area contributed by atoms with Crippen LogP contribution in [-0.2, 0) is 9.98 Å². The fourth-order valence-electron chi connectivity index (χ4n) is 12.7. The predicted molar refractivity (Wildman–Crippen MR) is 356 cm³/mol. The van der Waals surface area contributed by atoms with Gasteiger partial charge < -0.3 is 24.2 Å². The van der Waals surface area contributed by atoms with E-state index in [0.717, 1.165) is 106 Å². The highest BCUT2D eigenvalue weighted by molar-refractivity contribution is 7.85. The highest BCUT2D eigenvalue weighted by atomic mass is 31.2. The van der Waals surface area contributed by atoms with E-state index in [1.54, 1.807) is 0 Å². The lowest BCUT2D eigenvalue weighted by Crippen LogP contribution is -2.47. The number of fused-ring (bicyclic) bond motifs is 2. The Balaban J connectivity index is 1.19. The van der Waals surface area contributed by atoms with Crippen molar-refractivity contribution in [3.8, 4) is 0 Å². The van der Waals surface area contributed by atoms with Crippen LogP contribution in [0.15, 0.2) is 358 Å². The van der Waals surface area contributed by atoms with Crippen LogP contribution in [0.2, 0.25) is 0 Å². The topological polar surface area (TPSA) is 30.0 Å². The van der Waals surface area contributed by atoms with Gasteiger partial charge in [0.15, 0.2) is 7.14 Å². The smallest absolute Gasteiger partial charge is 0.171 e. The molecule has 0 radical (unpaired) electrons. The molecule has 13 aromatic carbocycles. The second-order valence-electron chi connectivity index (χ2n) is 21.2. The lowest BCUT2D eigenvalue weighted by atomic mass is 9.64. The summed E-state index contributed by atoms with van der Waals surface area (Å²) in [7, 11) is -3.61. The van der Waals surface area contributed by atoms with Crippen LogP contribution in [0.5, 0.6) is 0 Å². The largest absolute Gasteiger partial charge is 0.310 e. The van der Waals surface area contributed by atoms with Gasteiger partial charge in [-0.15, -0.1) is 0 Å². The van der Waals surface area contributed by atoms with Crippen molar-refractivity contribution in [1.29, 1.82) is 0 Å². The summed E-state index contributed by atoms with van der Waals surface area (Å²) >= 11 is 0. The van der Waals surface area contributed by atoms with Gasteiger partial charge >= 0.3 is 0 Å². The van der Waals surface area contributed by atoms with Crippen LogP contribution in [0.25, 0.3) is 0 Å². The van der Waals surface area contributed by atoms with Gasteiger partial charge in [0.2, 0.25) is 0 Å². The lowest BCUT2D eigenvalue weighted by molar-refractivity contribution is 0.590. The predicted octanol–water partition coefficient (Wildman–Crippen LogP) is 19.9. The van der Waals surface area contributed by atoms with Crippen molar-refractivity contribution in [2.45, 2.75) is 5.41 Å². The summed E-state index contributed by atoms with van der Waals surface area (Å²) in [5.41, 5.74) is 14.4. The summed E-state index contributed by atoms with van der Waals surface area (Å²) in [6.07, 6.45) is 0. The van der Waals surface area contributed by atoms with E-state index in [1.165, 1.54) is 0 Å².